The monoisotopic (exact) mass is 383 g/mol. The first kappa shape index (κ1) is 17.4. The zero-order valence-electron chi connectivity index (χ0n) is 14.8. The minimum absolute atomic E-state index is 0.0472. The smallest absolute Gasteiger partial charge is 0.277 e. The molecule has 1 aliphatic rings. The molecule has 1 unspecified atom stereocenters. The maximum Gasteiger partial charge on any atom is 0.277 e. The van der Waals surface area contributed by atoms with Gasteiger partial charge in [-0.3, -0.25) is 4.79 Å². The number of hydrogen-bond acceptors (Lipinski definition) is 7. The summed E-state index contributed by atoms with van der Waals surface area (Å²) in [5.74, 6) is 1.66. The molecule has 0 saturated heterocycles. The van der Waals surface area contributed by atoms with Crippen LogP contribution in [0.2, 0.25) is 0 Å². The zero-order valence-corrected chi connectivity index (χ0v) is 15.6. The van der Waals surface area contributed by atoms with Gasteiger partial charge in [-0.05, 0) is 37.3 Å². The van der Waals surface area contributed by atoms with Crippen molar-refractivity contribution in [1.29, 1.82) is 0 Å². The Hall–Kier alpha value is -3.00. The molecule has 1 aliphatic heterocycles. The summed E-state index contributed by atoms with van der Waals surface area (Å²) in [5.41, 5.74) is 1.57. The molecule has 0 N–H and O–H groups in total. The predicted octanol–water partition coefficient (Wildman–Crippen LogP) is 3.61. The average Bonchev–Trinajstić information content (AvgIpc) is 3.36. The van der Waals surface area contributed by atoms with E-state index >= 15 is 0 Å². The first-order valence-corrected chi connectivity index (χ1v) is 9.22. The second-order valence-corrected chi connectivity index (χ2v) is 7.23. The van der Waals surface area contributed by atoms with Gasteiger partial charge in [0.15, 0.2) is 11.5 Å². The Morgan fingerprint density at radius 2 is 1.89 bits per heavy atom. The highest BCUT2D eigenvalue weighted by atomic mass is 32.2. The topological polar surface area (TPSA) is 77.7 Å². The van der Waals surface area contributed by atoms with Crippen molar-refractivity contribution in [2.45, 2.75) is 17.4 Å². The fraction of sp³-hybridized carbons (Fsp3) is 0.211. The molecular formula is C19H17N3O4S. The lowest BCUT2D eigenvalue weighted by Gasteiger charge is -2.20. The third kappa shape index (κ3) is 3.61. The SMILES string of the molecule is CC(Sc1nnc(-c2ccc3c(c2)OCO3)o1)C(=O)N(C)c1ccccc1. The number of rotatable bonds is 5. The van der Waals surface area contributed by atoms with E-state index in [0.717, 1.165) is 11.3 Å². The van der Waals surface area contributed by atoms with Crippen LogP contribution in [0.3, 0.4) is 0 Å². The lowest BCUT2D eigenvalue weighted by molar-refractivity contribution is -0.117. The number of benzene rings is 2. The van der Waals surface area contributed by atoms with E-state index in [4.69, 9.17) is 13.9 Å². The van der Waals surface area contributed by atoms with E-state index in [1.807, 2.05) is 43.3 Å². The van der Waals surface area contributed by atoms with E-state index in [2.05, 4.69) is 10.2 Å². The third-order valence-electron chi connectivity index (χ3n) is 4.13. The molecule has 138 valence electrons. The molecule has 4 rings (SSSR count). The molecule has 1 atom stereocenters. The molecule has 0 spiro atoms. The van der Waals surface area contributed by atoms with Crippen molar-refractivity contribution in [2.24, 2.45) is 0 Å². The number of ether oxygens (including phenoxy) is 2. The molecular weight excluding hydrogens is 366 g/mol. The quantitative estimate of drug-likeness (QED) is 0.623. The number of anilines is 1. The number of carbonyl (C=O) groups excluding carboxylic acids is 1. The first-order valence-electron chi connectivity index (χ1n) is 8.34. The summed E-state index contributed by atoms with van der Waals surface area (Å²) in [5, 5.41) is 8.08. The predicted molar refractivity (Wildman–Crippen MR) is 101 cm³/mol. The van der Waals surface area contributed by atoms with Gasteiger partial charge in [0.05, 0.1) is 5.25 Å². The van der Waals surface area contributed by atoms with Crippen LogP contribution < -0.4 is 14.4 Å². The minimum Gasteiger partial charge on any atom is -0.454 e. The summed E-state index contributed by atoms with van der Waals surface area (Å²) in [6.07, 6.45) is 0. The van der Waals surface area contributed by atoms with Crippen LogP contribution >= 0.6 is 11.8 Å². The summed E-state index contributed by atoms with van der Waals surface area (Å²) in [6, 6.07) is 14.9. The van der Waals surface area contributed by atoms with Gasteiger partial charge in [0.2, 0.25) is 18.6 Å². The number of fused-ring (bicyclic) bond motifs is 1. The van der Waals surface area contributed by atoms with Crippen molar-refractivity contribution in [3.05, 3.63) is 48.5 Å². The van der Waals surface area contributed by atoms with Crippen molar-refractivity contribution in [1.82, 2.24) is 10.2 Å². The molecule has 0 saturated carbocycles. The van der Waals surface area contributed by atoms with Crippen LogP contribution in [0, 0.1) is 0 Å². The molecule has 2 aromatic carbocycles. The average molecular weight is 383 g/mol. The van der Waals surface area contributed by atoms with Gasteiger partial charge in [-0.25, -0.2) is 0 Å². The number of hydrogen-bond donors (Lipinski definition) is 0. The Morgan fingerprint density at radius 1 is 1.11 bits per heavy atom. The Morgan fingerprint density at radius 3 is 2.70 bits per heavy atom. The number of thioether (sulfide) groups is 1. The summed E-state index contributed by atoms with van der Waals surface area (Å²) < 4.78 is 16.4. The maximum atomic E-state index is 12.6. The molecule has 2 heterocycles. The number of carbonyl (C=O) groups is 1. The summed E-state index contributed by atoms with van der Waals surface area (Å²) in [7, 11) is 1.75. The highest BCUT2D eigenvalue weighted by Crippen LogP contribution is 2.36. The van der Waals surface area contributed by atoms with Crippen LogP contribution in [-0.4, -0.2) is 35.2 Å². The van der Waals surface area contributed by atoms with Gasteiger partial charge in [-0.2, -0.15) is 0 Å². The van der Waals surface area contributed by atoms with Gasteiger partial charge in [-0.15, -0.1) is 10.2 Å². The van der Waals surface area contributed by atoms with Crippen molar-refractivity contribution in [3.8, 4) is 23.0 Å². The largest absolute Gasteiger partial charge is 0.454 e. The summed E-state index contributed by atoms with van der Waals surface area (Å²) >= 11 is 1.23. The van der Waals surface area contributed by atoms with Crippen LogP contribution in [0.15, 0.2) is 58.2 Å². The fourth-order valence-electron chi connectivity index (χ4n) is 2.66. The van der Waals surface area contributed by atoms with E-state index in [1.54, 1.807) is 24.1 Å². The molecule has 8 heteroatoms. The minimum atomic E-state index is -0.375. The van der Waals surface area contributed by atoms with Gasteiger partial charge in [0.25, 0.3) is 5.22 Å². The van der Waals surface area contributed by atoms with Crippen LogP contribution in [-0.2, 0) is 4.79 Å². The number of para-hydroxylation sites is 1. The molecule has 27 heavy (non-hydrogen) atoms. The molecule has 7 nitrogen and oxygen atoms in total. The number of amides is 1. The van der Waals surface area contributed by atoms with E-state index in [0.29, 0.717) is 22.6 Å². The van der Waals surface area contributed by atoms with Crippen LogP contribution in [0.5, 0.6) is 11.5 Å². The van der Waals surface area contributed by atoms with Gasteiger partial charge < -0.3 is 18.8 Å². The standard InChI is InChI=1S/C19H17N3O4S/c1-12(18(23)22(2)14-6-4-3-5-7-14)27-19-21-20-17(26-19)13-8-9-15-16(10-13)25-11-24-15/h3-10,12H,11H2,1-2H3. The lowest BCUT2D eigenvalue weighted by Crippen LogP contribution is -2.33. The molecule has 0 fully saturated rings. The third-order valence-corrected chi connectivity index (χ3v) is 5.05. The van der Waals surface area contributed by atoms with Crippen molar-refractivity contribution >= 4 is 23.4 Å². The van der Waals surface area contributed by atoms with Crippen LogP contribution in [0.1, 0.15) is 6.92 Å². The van der Waals surface area contributed by atoms with E-state index < -0.39 is 0 Å². The van der Waals surface area contributed by atoms with Crippen LogP contribution in [0.25, 0.3) is 11.5 Å². The molecule has 3 aromatic rings. The van der Waals surface area contributed by atoms with Crippen molar-refractivity contribution in [3.63, 3.8) is 0 Å². The van der Waals surface area contributed by atoms with Gasteiger partial charge >= 0.3 is 0 Å². The van der Waals surface area contributed by atoms with Crippen molar-refractivity contribution < 1.29 is 18.7 Å². The fourth-order valence-corrected chi connectivity index (χ4v) is 3.43. The van der Waals surface area contributed by atoms with E-state index in [9.17, 15) is 4.79 Å². The number of nitrogens with zero attached hydrogens (tertiary/aromatic N) is 3. The number of aromatic nitrogens is 2. The van der Waals surface area contributed by atoms with Gasteiger partial charge in [-0.1, -0.05) is 30.0 Å². The highest BCUT2D eigenvalue weighted by molar-refractivity contribution is 8.00. The van der Waals surface area contributed by atoms with Gasteiger partial charge in [0, 0.05) is 18.3 Å². The first-order chi connectivity index (χ1) is 13.1. The molecule has 1 amide bonds. The summed E-state index contributed by atoms with van der Waals surface area (Å²) in [4.78, 5) is 14.3. The molecule has 0 bridgehead atoms. The van der Waals surface area contributed by atoms with Crippen molar-refractivity contribution in [2.75, 3.05) is 18.7 Å². The molecule has 0 aliphatic carbocycles. The van der Waals surface area contributed by atoms with Crippen LogP contribution in [0.4, 0.5) is 5.69 Å². The second kappa shape index (κ2) is 7.32. The Bertz CT molecular complexity index is 961. The lowest BCUT2D eigenvalue weighted by atomic mass is 10.2. The highest BCUT2D eigenvalue weighted by Gasteiger charge is 2.23. The van der Waals surface area contributed by atoms with E-state index in [1.165, 1.54) is 11.8 Å². The van der Waals surface area contributed by atoms with Gasteiger partial charge in [0.1, 0.15) is 0 Å². The Labute approximate surface area is 160 Å². The Balaban J connectivity index is 1.45. The maximum absolute atomic E-state index is 12.6. The zero-order chi connectivity index (χ0) is 18.8. The molecule has 1 aromatic heterocycles. The Kier molecular flexibility index (Phi) is 4.72. The summed E-state index contributed by atoms with van der Waals surface area (Å²) in [6.45, 7) is 2.02. The van der Waals surface area contributed by atoms with E-state index in [-0.39, 0.29) is 18.0 Å². The molecule has 0 radical (unpaired) electrons. The normalized spacial score (nSPS) is 13.4. The second-order valence-electron chi connectivity index (χ2n) is 5.93.